The predicted molar refractivity (Wildman–Crippen MR) is 72.6 cm³/mol. The van der Waals surface area contributed by atoms with Crippen molar-refractivity contribution < 1.29 is 4.74 Å². The molecule has 84 valence electrons. The molecule has 0 fully saturated rings. The van der Waals surface area contributed by atoms with Crippen LogP contribution in [0, 0.1) is 0 Å². The molecule has 0 atom stereocenters. The van der Waals surface area contributed by atoms with E-state index in [4.69, 9.17) is 16.3 Å². The van der Waals surface area contributed by atoms with E-state index in [0.29, 0.717) is 5.88 Å². The first-order chi connectivity index (χ1) is 7.76. The number of alkyl halides is 1. The average Bonchev–Trinajstić information content (AvgIpc) is 2.29. The molecule has 16 heavy (non-hydrogen) atoms. The van der Waals surface area contributed by atoms with Crippen LogP contribution in [0.2, 0.25) is 0 Å². The van der Waals surface area contributed by atoms with E-state index < -0.39 is 0 Å². The second-order valence-corrected chi connectivity index (χ2v) is 4.84. The van der Waals surface area contributed by atoms with E-state index in [1.807, 2.05) is 12.1 Å². The van der Waals surface area contributed by atoms with Gasteiger partial charge in [0.05, 0.1) is 7.11 Å². The van der Waals surface area contributed by atoms with Crippen LogP contribution in [0.25, 0.3) is 10.8 Å². The van der Waals surface area contributed by atoms with Gasteiger partial charge >= 0.3 is 0 Å². The zero-order chi connectivity index (χ0) is 11.5. The summed E-state index contributed by atoms with van der Waals surface area (Å²) in [7, 11) is 1.69. The van der Waals surface area contributed by atoms with Gasteiger partial charge in [-0.15, -0.1) is 11.6 Å². The Morgan fingerprint density at radius 1 is 1.25 bits per heavy atom. The topological polar surface area (TPSA) is 9.23 Å². The van der Waals surface area contributed by atoms with E-state index >= 15 is 0 Å². The summed E-state index contributed by atoms with van der Waals surface area (Å²) in [5.41, 5.74) is 1.18. The van der Waals surface area contributed by atoms with Crippen molar-refractivity contribution in [2.45, 2.75) is 6.42 Å². The Kier molecular flexibility index (Phi) is 3.72. The number of fused-ring (bicyclic) bond motifs is 1. The monoisotopic (exact) mass is 298 g/mol. The Morgan fingerprint density at radius 3 is 2.75 bits per heavy atom. The number of hydrogen-bond donors (Lipinski definition) is 0. The zero-order valence-corrected chi connectivity index (χ0v) is 11.3. The highest BCUT2D eigenvalue weighted by atomic mass is 79.9. The second kappa shape index (κ2) is 5.07. The summed E-state index contributed by atoms with van der Waals surface area (Å²) < 4.78 is 6.45. The summed E-state index contributed by atoms with van der Waals surface area (Å²) in [6.07, 6.45) is 0.823. The molecule has 3 heteroatoms. The first kappa shape index (κ1) is 11.7. The molecule has 0 aliphatic carbocycles. The summed E-state index contributed by atoms with van der Waals surface area (Å²) in [6, 6.07) is 10.3. The van der Waals surface area contributed by atoms with Gasteiger partial charge in [0, 0.05) is 15.9 Å². The number of halogens is 2. The van der Waals surface area contributed by atoms with E-state index in [1.54, 1.807) is 7.11 Å². The Hall–Kier alpha value is -0.730. The van der Waals surface area contributed by atoms with Crippen LogP contribution in [-0.4, -0.2) is 13.0 Å². The fourth-order valence-electron chi connectivity index (χ4n) is 1.89. The third-order valence-corrected chi connectivity index (χ3v) is 3.30. The van der Waals surface area contributed by atoms with Crippen LogP contribution >= 0.6 is 27.5 Å². The molecule has 0 unspecified atom stereocenters. The fourth-order valence-corrected chi connectivity index (χ4v) is 2.46. The molecular weight excluding hydrogens is 287 g/mol. The van der Waals surface area contributed by atoms with Crippen molar-refractivity contribution >= 4 is 38.3 Å². The maximum Gasteiger partial charge on any atom is 0.122 e. The molecule has 0 radical (unpaired) electrons. The van der Waals surface area contributed by atoms with Gasteiger partial charge < -0.3 is 4.74 Å². The van der Waals surface area contributed by atoms with E-state index in [1.165, 1.54) is 16.3 Å². The summed E-state index contributed by atoms with van der Waals surface area (Å²) >= 11 is 9.31. The Morgan fingerprint density at radius 2 is 2.06 bits per heavy atom. The van der Waals surface area contributed by atoms with Crippen LogP contribution in [0.5, 0.6) is 5.75 Å². The van der Waals surface area contributed by atoms with Gasteiger partial charge in [0.1, 0.15) is 5.75 Å². The van der Waals surface area contributed by atoms with Gasteiger partial charge in [-0.3, -0.25) is 0 Å². The largest absolute Gasteiger partial charge is 0.496 e. The summed E-state index contributed by atoms with van der Waals surface area (Å²) in [6.45, 7) is 0. The van der Waals surface area contributed by atoms with Crippen molar-refractivity contribution in [1.82, 2.24) is 0 Å². The summed E-state index contributed by atoms with van der Waals surface area (Å²) in [5, 5.41) is 2.42. The van der Waals surface area contributed by atoms with Crippen LogP contribution in [0.1, 0.15) is 5.56 Å². The number of hydrogen-bond acceptors (Lipinski definition) is 1. The smallest absolute Gasteiger partial charge is 0.122 e. The quantitative estimate of drug-likeness (QED) is 0.764. The molecule has 0 amide bonds. The lowest BCUT2D eigenvalue weighted by molar-refractivity contribution is 0.411. The van der Waals surface area contributed by atoms with Crippen molar-refractivity contribution in [3.05, 3.63) is 40.4 Å². The minimum absolute atomic E-state index is 0.603. The van der Waals surface area contributed by atoms with Crippen molar-refractivity contribution in [3.8, 4) is 5.75 Å². The Labute approximate surface area is 108 Å². The molecule has 2 rings (SSSR count). The van der Waals surface area contributed by atoms with Crippen LogP contribution in [-0.2, 0) is 6.42 Å². The molecule has 0 aliphatic heterocycles. The lowest BCUT2D eigenvalue weighted by Gasteiger charge is -2.11. The van der Waals surface area contributed by atoms with Gasteiger partial charge in [-0.2, -0.15) is 0 Å². The molecule has 0 aromatic heterocycles. The third-order valence-electron chi connectivity index (χ3n) is 2.61. The number of rotatable bonds is 3. The van der Waals surface area contributed by atoms with Crippen LogP contribution in [0.4, 0.5) is 0 Å². The van der Waals surface area contributed by atoms with Crippen LogP contribution < -0.4 is 4.74 Å². The predicted octanol–water partition coefficient (Wildman–Crippen LogP) is 4.39. The first-order valence-electron chi connectivity index (χ1n) is 5.07. The zero-order valence-electron chi connectivity index (χ0n) is 8.97. The normalized spacial score (nSPS) is 10.7. The molecule has 0 heterocycles. The highest BCUT2D eigenvalue weighted by molar-refractivity contribution is 9.10. The highest BCUT2D eigenvalue weighted by Crippen LogP contribution is 2.30. The number of methoxy groups -OCH3 is 1. The van der Waals surface area contributed by atoms with E-state index in [-0.39, 0.29) is 0 Å². The molecule has 0 aliphatic rings. The lowest BCUT2D eigenvalue weighted by Crippen LogP contribution is -1.94. The Bertz CT molecular complexity index is 511. The number of benzene rings is 2. The molecular formula is C13H12BrClO. The van der Waals surface area contributed by atoms with Crippen LogP contribution in [0.3, 0.4) is 0 Å². The fraction of sp³-hybridized carbons (Fsp3) is 0.231. The molecule has 1 nitrogen and oxygen atoms in total. The van der Waals surface area contributed by atoms with E-state index in [2.05, 4.69) is 34.1 Å². The van der Waals surface area contributed by atoms with Crippen LogP contribution in [0.15, 0.2) is 34.8 Å². The third kappa shape index (κ3) is 2.18. The van der Waals surface area contributed by atoms with Crippen molar-refractivity contribution in [3.63, 3.8) is 0 Å². The maximum absolute atomic E-state index is 5.83. The lowest BCUT2D eigenvalue weighted by atomic mass is 10.0. The van der Waals surface area contributed by atoms with Gasteiger partial charge in [-0.25, -0.2) is 0 Å². The minimum Gasteiger partial charge on any atom is -0.496 e. The molecule has 0 bridgehead atoms. The molecule has 2 aromatic rings. The molecule has 0 N–H and O–H groups in total. The van der Waals surface area contributed by atoms with Gasteiger partial charge in [0.25, 0.3) is 0 Å². The van der Waals surface area contributed by atoms with Crippen molar-refractivity contribution in [2.75, 3.05) is 13.0 Å². The summed E-state index contributed by atoms with van der Waals surface area (Å²) in [4.78, 5) is 0. The van der Waals surface area contributed by atoms with Crippen molar-refractivity contribution in [1.29, 1.82) is 0 Å². The SMILES string of the molecule is COc1ccc2cc(Br)ccc2c1CCCl. The highest BCUT2D eigenvalue weighted by Gasteiger charge is 2.07. The molecule has 0 spiro atoms. The number of aryl methyl sites for hydroxylation is 1. The van der Waals surface area contributed by atoms with E-state index in [9.17, 15) is 0 Å². The standard InChI is InChI=1S/C13H12BrClO/c1-16-13-5-2-9-8-10(14)3-4-11(9)12(13)6-7-15/h2-5,8H,6-7H2,1H3. The molecule has 0 saturated carbocycles. The first-order valence-corrected chi connectivity index (χ1v) is 6.40. The van der Waals surface area contributed by atoms with Gasteiger partial charge in [-0.05, 0) is 35.4 Å². The molecule has 0 saturated heterocycles. The van der Waals surface area contributed by atoms with Gasteiger partial charge in [-0.1, -0.05) is 28.1 Å². The number of ether oxygens (including phenoxy) is 1. The maximum atomic E-state index is 5.83. The van der Waals surface area contributed by atoms with Gasteiger partial charge in [0.15, 0.2) is 0 Å². The van der Waals surface area contributed by atoms with Crippen molar-refractivity contribution in [2.24, 2.45) is 0 Å². The second-order valence-electron chi connectivity index (χ2n) is 3.55. The summed E-state index contributed by atoms with van der Waals surface area (Å²) in [5.74, 6) is 1.52. The average molecular weight is 300 g/mol. The van der Waals surface area contributed by atoms with E-state index in [0.717, 1.165) is 16.6 Å². The molecule has 2 aromatic carbocycles. The van der Waals surface area contributed by atoms with Gasteiger partial charge in [0.2, 0.25) is 0 Å². The Balaban J connectivity index is 2.68. The minimum atomic E-state index is 0.603.